The fourth-order valence-corrected chi connectivity index (χ4v) is 2.37. The van der Waals surface area contributed by atoms with Crippen LogP contribution in [-0.2, 0) is 17.8 Å². The Bertz CT molecular complexity index is 422. The maximum Gasteiger partial charge on any atom is 0.240 e. The van der Waals surface area contributed by atoms with E-state index in [-0.39, 0.29) is 11.8 Å². The van der Waals surface area contributed by atoms with E-state index >= 15 is 0 Å². The van der Waals surface area contributed by atoms with Gasteiger partial charge in [-0.2, -0.15) is 4.98 Å². The Morgan fingerprint density at radius 2 is 2.16 bits per heavy atom. The number of nitrogens with zero attached hydrogens (tertiary/aromatic N) is 3. The molecule has 0 radical (unpaired) electrons. The summed E-state index contributed by atoms with van der Waals surface area (Å²) >= 11 is 0. The predicted molar refractivity (Wildman–Crippen MR) is 70.0 cm³/mol. The number of hydrogen-bond donors (Lipinski definition) is 1. The summed E-state index contributed by atoms with van der Waals surface area (Å²) in [6.07, 6.45) is 2.48. The first kappa shape index (κ1) is 14.0. The molecule has 6 nitrogen and oxygen atoms in total. The van der Waals surface area contributed by atoms with Crippen LogP contribution in [0.25, 0.3) is 0 Å². The van der Waals surface area contributed by atoms with Crippen LogP contribution in [0.3, 0.4) is 0 Å². The Morgan fingerprint density at radius 3 is 2.74 bits per heavy atom. The number of amides is 1. The second kappa shape index (κ2) is 6.14. The molecule has 0 aliphatic carbocycles. The zero-order valence-corrected chi connectivity index (χ0v) is 11.6. The van der Waals surface area contributed by atoms with E-state index < -0.39 is 0 Å². The highest BCUT2D eigenvalue weighted by molar-refractivity contribution is 5.76. The molecule has 1 saturated heterocycles. The van der Waals surface area contributed by atoms with E-state index in [0.717, 1.165) is 38.2 Å². The quantitative estimate of drug-likeness (QED) is 0.858. The highest BCUT2D eigenvalue weighted by Gasteiger charge is 2.24. The van der Waals surface area contributed by atoms with Crippen LogP contribution >= 0.6 is 0 Å². The van der Waals surface area contributed by atoms with E-state index in [1.807, 2.05) is 0 Å². The van der Waals surface area contributed by atoms with Gasteiger partial charge < -0.3 is 10.3 Å². The molecule has 0 spiro atoms. The van der Waals surface area contributed by atoms with Gasteiger partial charge in [0.1, 0.15) is 0 Å². The van der Waals surface area contributed by atoms with Crippen LogP contribution in [-0.4, -0.2) is 34.0 Å². The van der Waals surface area contributed by atoms with Crippen molar-refractivity contribution in [3.05, 3.63) is 11.7 Å². The molecule has 19 heavy (non-hydrogen) atoms. The van der Waals surface area contributed by atoms with Crippen molar-refractivity contribution in [2.75, 3.05) is 13.1 Å². The van der Waals surface area contributed by atoms with Crippen molar-refractivity contribution in [1.29, 1.82) is 0 Å². The minimum Gasteiger partial charge on any atom is -0.369 e. The molecule has 0 unspecified atom stereocenters. The predicted octanol–water partition coefficient (Wildman–Crippen LogP) is 0.965. The van der Waals surface area contributed by atoms with E-state index in [1.54, 1.807) is 0 Å². The van der Waals surface area contributed by atoms with Crippen LogP contribution in [0.1, 0.15) is 38.4 Å². The number of carbonyl (C=O) groups excluding carboxylic acids is 1. The fraction of sp³-hybridized carbons (Fsp3) is 0.769. The molecule has 1 aliphatic heterocycles. The molecule has 1 amide bonds. The van der Waals surface area contributed by atoms with Crippen molar-refractivity contribution in [3.8, 4) is 0 Å². The second-order valence-electron chi connectivity index (χ2n) is 5.66. The molecular formula is C13H22N4O2. The summed E-state index contributed by atoms with van der Waals surface area (Å²) in [5.41, 5.74) is 5.32. The van der Waals surface area contributed by atoms with Crippen LogP contribution in [0, 0.1) is 11.8 Å². The molecule has 0 aromatic carbocycles. The molecule has 1 fully saturated rings. The van der Waals surface area contributed by atoms with E-state index in [0.29, 0.717) is 18.4 Å². The van der Waals surface area contributed by atoms with Crippen LogP contribution in [0.2, 0.25) is 0 Å². The lowest BCUT2D eigenvalue weighted by molar-refractivity contribution is -0.123. The van der Waals surface area contributed by atoms with Gasteiger partial charge in [-0.1, -0.05) is 19.0 Å². The molecule has 2 rings (SSSR count). The normalized spacial score (nSPS) is 18.1. The zero-order chi connectivity index (χ0) is 13.8. The molecule has 1 aromatic rings. The summed E-state index contributed by atoms with van der Waals surface area (Å²) in [6, 6.07) is 0. The van der Waals surface area contributed by atoms with Crippen molar-refractivity contribution >= 4 is 5.91 Å². The molecule has 0 atom stereocenters. The third-order valence-corrected chi connectivity index (χ3v) is 3.45. The molecule has 1 aliphatic rings. The van der Waals surface area contributed by atoms with Gasteiger partial charge in [-0.3, -0.25) is 9.69 Å². The van der Waals surface area contributed by atoms with Crippen LogP contribution in [0.15, 0.2) is 4.52 Å². The molecule has 2 N–H and O–H groups in total. The summed E-state index contributed by atoms with van der Waals surface area (Å²) in [6.45, 7) is 6.64. The average Bonchev–Trinajstić information content (AvgIpc) is 2.76. The van der Waals surface area contributed by atoms with Gasteiger partial charge in [0, 0.05) is 12.3 Å². The number of nitrogens with two attached hydrogens (primary N) is 1. The minimum absolute atomic E-state index is 0.0236. The Hall–Kier alpha value is -1.43. The average molecular weight is 266 g/mol. The first-order valence-corrected chi connectivity index (χ1v) is 6.87. The number of hydrogen-bond acceptors (Lipinski definition) is 5. The Balaban J connectivity index is 1.82. The smallest absolute Gasteiger partial charge is 0.240 e. The molecule has 2 heterocycles. The third kappa shape index (κ3) is 4.02. The van der Waals surface area contributed by atoms with Gasteiger partial charge in [0.15, 0.2) is 5.82 Å². The monoisotopic (exact) mass is 266 g/mol. The first-order valence-electron chi connectivity index (χ1n) is 6.87. The van der Waals surface area contributed by atoms with Crippen molar-refractivity contribution in [2.45, 2.75) is 39.7 Å². The van der Waals surface area contributed by atoms with E-state index in [1.165, 1.54) is 0 Å². The topological polar surface area (TPSA) is 85.3 Å². The number of piperidine rings is 1. The van der Waals surface area contributed by atoms with Crippen molar-refractivity contribution in [2.24, 2.45) is 17.6 Å². The van der Waals surface area contributed by atoms with E-state index in [2.05, 4.69) is 28.9 Å². The van der Waals surface area contributed by atoms with E-state index in [9.17, 15) is 4.79 Å². The van der Waals surface area contributed by atoms with Gasteiger partial charge in [0.05, 0.1) is 6.54 Å². The molecule has 6 heteroatoms. The summed E-state index contributed by atoms with van der Waals surface area (Å²) < 4.78 is 5.25. The fourth-order valence-electron chi connectivity index (χ4n) is 2.37. The molecule has 0 saturated carbocycles. The third-order valence-electron chi connectivity index (χ3n) is 3.45. The summed E-state index contributed by atoms with van der Waals surface area (Å²) in [5.74, 6) is 1.80. The highest BCUT2D eigenvalue weighted by Crippen LogP contribution is 2.18. The number of primary amides is 1. The van der Waals surface area contributed by atoms with Crippen molar-refractivity contribution in [3.63, 3.8) is 0 Å². The number of carbonyl (C=O) groups is 1. The maximum absolute atomic E-state index is 11.1. The lowest BCUT2D eigenvalue weighted by atomic mass is 9.96. The SMILES string of the molecule is CC(C)Cc1noc(CN2CCC(C(N)=O)CC2)n1. The van der Waals surface area contributed by atoms with Gasteiger partial charge in [0.2, 0.25) is 11.8 Å². The van der Waals surface area contributed by atoms with Gasteiger partial charge in [0.25, 0.3) is 0 Å². The highest BCUT2D eigenvalue weighted by atomic mass is 16.5. The Labute approximate surface area is 113 Å². The number of rotatable bonds is 5. The zero-order valence-electron chi connectivity index (χ0n) is 11.6. The second-order valence-corrected chi connectivity index (χ2v) is 5.66. The lowest BCUT2D eigenvalue weighted by Crippen LogP contribution is -2.38. The lowest BCUT2D eigenvalue weighted by Gasteiger charge is -2.29. The molecule has 0 bridgehead atoms. The largest absolute Gasteiger partial charge is 0.369 e. The number of aromatic nitrogens is 2. The van der Waals surface area contributed by atoms with Crippen LogP contribution in [0.5, 0.6) is 0 Å². The van der Waals surface area contributed by atoms with Crippen LogP contribution < -0.4 is 5.73 Å². The summed E-state index contributed by atoms with van der Waals surface area (Å²) in [7, 11) is 0. The molecule has 1 aromatic heterocycles. The van der Waals surface area contributed by atoms with E-state index in [4.69, 9.17) is 10.3 Å². The molecule has 106 valence electrons. The van der Waals surface area contributed by atoms with Gasteiger partial charge >= 0.3 is 0 Å². The minimum atomic E-state index is -0.184. The van der Waals surface area contributed by atoms with Gasteiger partial charge in [-0.15, -0.1) is 0 Å². The van der Waals surface area contributed by atoms with Crippen LogP contribution in [0.4, 0.5) is 0 Å². The number of likely N-dealkylation sites (tertiary alicyclic amines) is 1. The van der Waals surface area contributed by atoms with Crippen molar-refractivity contribution in [1.82, 2.24) is 15.0 Å². The Kier molecular flexibility index (Phi) is 4.52. The maximum atomic E-state index is 11.1. The summed E-state index contributed by atoms with van der Waals surface area (Å²) in [5, 5.41) is 3.98. The summed E-state index contributed by atoms with van der Waals surface area (Å²) in [4.78, 5) is 17.7. The van der Waals surface area contributed by atoms with Crippen molar-refractivity contribution < 1.29 is 9.32 Å². The van der Waals surface area contributed by atoms with Gasteiger partial charge in [-0.25, -0.2) is 0 Å². The van der Waals surface area contributed by atoms with Gasteiger partial charge in [-0.05, 0) is 31.8 Å². The standard InChI is InChI=1S/C13H22N4O2/c1-9(2)7-11-15-12(19-16-11)8-17-5-3-10(4-6-17)13(14)18/h9-10H,3-8H2,1-2H3,(H2,14,18). The first-order chi connectivity index (χ1) is 9.04. The Morgan fingerprint density at radius 1 is 1.47 bits per heavy atom. The molecular weight excluding hydrogens is 244 g/mol.